The number of ether oxygens (including phenoxy) is 1. The number of piperidine rings is 2. The molecule has 8 nitrogen and oxygen atoms in total. The highest BCUT2D eigenvalue weighted by Gasteiger charge is 2.31. The van der Waals surface area contributed by atoms with Crippen molar-refractivity contribution in [1.29, 1.82) is 0 Å². The van der Waals surface area contributed by atoms with Crippen LogP contribution in [0.3, 0.4) is 0 Å². The molecule has 0 saturated carbocycles. The number of nitrogens with zero attached hydrogens (tertiary/aromatic N) is 2. The summed E-state index contributed by atoms with van der Waals surface area (Å²) < 4.78 is 5.31. The zero-order valence-corrected chi connectivity index (χ0v) is 21.9. The van der Waals surface area contributed by atoms with Crippen LogP contribution in [-0.4, -0.2) is 73.7 Å². The number of Topliss-reactive ketones (excluding diaryl/α,β-unsaturated/α-hetero) is 1. The number of hydrogen-bond donors (Lipinski definition) is 1. The molecule has 0 atom stereocenters. The van der Waals surface area contributed by atoms with Gasteiger partial charge >= 0.3 is 6.09 Å². The van der Waals surface area contributed by atoms with Crippen LogP contribution < -0.4 is 5.32 Å². The predicted molar refractivity (Wildman–Crippen MR) is 134 cm³/mol. The van der Waals surface area contributed by atoms with Crippen molar-refractivity contribution in [2.75, 3.05) is 40.3 Å². The van der Waals surface area contributed by atoms with Crippen molar-refractivity contribution in [3.63, 3.8) is 0 Å². The number of hydrogen-bond acceptors (Lipinski definition) is 6. The summed E-state index contributed by atoms with van der Waals surface area (Å²) in [6.07, 6.45) is 2.94. The SMILES string of the molecule is CON(C)C(=O)C1CCN(C(=O)OC(C)(C)C)CC1.Cl.O=C(c1ccccc1)C1CCNCC1. The number of hydroxylamine groups is 2. The third-order valence-electron chi connectivity index (χ3n) is 5.85. The first-order valence-corrected chi connectivity index (χ1v) is 11.7. The molecule has 3 rings (SSSR count). The summed E-state index contributed by atoms with van der Waals surface area (Å²) in [6.45, 7) is 8.57. The Kier molecular flexibility index (Phi) is 12.6. The van der Waals surface area contributed by atoms with Crippen LogP contribution in [0.25, 0.3) is 0 Å². The molecule has 2 heterocycles. The summed E-state index contributed by atoms with van der Waals surface area (Å²) in [5.41, 5.74) is 0.374. The van der Waals surface area contributed by atoms with Gasteiger partial charge in [-0.2, -0.15) is 0 Å². The maximum absolute atomic E-state index is 12.0. The fourth-order valence-electron chi connectivity index (χ4n) is 3.90. The number of carbonyl (C=O) groups is 3. The van der Waals surface area contributed by atoms with E-state index in [0.29, 0.717) is 31.7 Å². The average Bonchev–Trinajstić information content (AvgIpc) is 2.83. The van der Waals surface area contributed by atoms with Crippen molar-refractivity contribution in [3.8, 4) is 0 Å². The average molecular weight is 498 g/mol. The summed E-state index contributed by atoms with van der Waals surface area (Å²) >= 11 is 0. The molecule has 2 saturated heterocycles. The minimum absolute atomic E-state index is 0. The second-order valence-corrected chi connectivity index (χ2v) is 9.51. The molecule has 1 aromatic rings. The fraction of sp³-hybridized carbons (Fsp3) is 0.640. The first kappa shape index (κ1) is 29.9. The van der Waals surface area contributed by atoms with Crippen molar-refractivity contribution in [2.24, 2.45) is 11.8 Å². The molecule has 0 aliphatic carbocycles. The van der Waals surface area contributed by atoms with Crippen LogP contribution in [0, 0.1) is 11.8 Å². The first-order chi connectivity index (χ1) is 15.6. The minimum atomic E-state index is -0.486. The Bertz CT molecular complexity index is 771. The molecule has 2 aliphatic rings. The molecule has 9 heteroatoms. The standard InChI is InChI=1S/C13H24N2O4.C12H15NO.ClH/c1-13(2,3)19-12(17)15-8-6-10(7-9-15)11(16)14(4)18-5;14-12(10-4-2-1-3-5-10)11-6-8-13-9-7-11;/h10H,6-9H2,1-5H3;1-5,11,13H,6-9H2;1H. The molecule has 2 amide bonds. The molecule has 0 aromatic heterocycles. The number of carbonyl (C=O) groups excluding carboxylic acids is 3. The van der Waals surface area contributed by atoms with Gasteiger partial charge in [-0.3, -0.25) is 14.4 Å². The summed E-state index contributed by atoms with van der Waals surface area (Å²) in [6, 6.07) is 9.61. The summed E-state index contributed by atoms with van der Waals surface area (Å²) in [5, 5.41) is 4.51. The van der Waals surface area contributed by atoms with Crippen LogP contribution in [0.4, 0.5) is 4.79 Å². The molecule has 34 heavy (non-hydrogen) atoms. The van der Waals surface area contributed by atoms with Crippen molar-refractivity contribution in [2.45, 2.75) is 52.1 Å². The fourth-order valence-corrected chi connectivity index (χ4v) is 3.90. The van der Waals surface area contributed by atoms with Gasteiger partial charge in [-0.1, -0.05) is 30.3 Å². The number of nitrogens with one attached hydrogen (secondary N) is 1. The molecule has 0 spiro atoms. The second kappa shape index (κ2) is 14.3. The van der Waals surface area contributed by atoms with E-state index >= 15 is 0 Å². The molecule has 1 aromatic carbocycles. The number of benzene rings is 1. The lowest BCUT2D eigenvalue weighted by molar-refractivity contribution is -0.174. The Morgan fingerprint density at radius 1 is 0.971 bits per heavy atom. The van der Waals surface area contributed by atoms with Gasteiger partial charge in [0.05, 0.1) is 7.11 Å². The molecular formula is C25H40ClN3O5. The van der Waals surface area contributed by atoms with E-state index in [1.54, 1.807) is 11.9 Å². The van der Waals surface area contributed by atoms with Crippen LogP contribution in [0.2, 0.25) is 0 Å². The van der Waals surface area contributed by atoms with Crippen molar-refractivity contribution in [3.05, 3.63) is 35.9 Å². The number of amides is 2. The molecule has 0 bridgehead atoms. The third-order valence-corrected chi connectivity index (χ3v) is 5.85. The Hall–Kier alpha value is -2.16. The molecule has 0 radical (unpaired) electrons. The highest BCUT2D eigenvalue weighted by molar-refractivity contribution is 5.97. The number of halogens is 1. The van der Waals surface area contributed by atoms with E-state index in [9.17, 15) is 14.4 Å². The van der Waals surface area contributed by atoms with E-state index < -0.39 is 5.60 Å². The monoisotopic (exact) mass is 497 g/mol. The smallest absolute Gasteiger partial charge is 0.410 e. The van der Waals surface area contributed by atoms with Crippen LogP contribution in [0.15, 0.2) is 30.3 Å². The van der Waals surface area contributed by atoms with Gasteiger partial charge in [0.25, 0.3) is 0 Å². The summed E-state index contributed by atoms with van der Waals surface area (Å²) in [5.74, 6) is 0.431. The van der Waals surface area contributed by atoms with E-state index in [1.165, 1.54) is 12.2 Å². The van der Waals surface area contributed by atoms with E-state index in [4.69, 9.17) is 9.57 Å². The molecule has 0 unspecified atom stereocenters. The molecular weight excluding hydrogens is 458 g/mol. The van der Waals surface area contributed by atoms with Gasteiger partial charge in [0, 0.05) is 37.5 Å². The van der Waals surface area contributed by atoms with Crippen LogP contribution in [0.5, 0.6) is 0 Å². The van der Waals surface area contributed by atoms with Crippen molar-refractivity contribution < 1.29 is 24.0 Å². The van der Waals surface area contributed by atoms with E-state index in [1.807, 2.05) is 51.1 Å². The van der Waals surface area contributed by atoms with Crippen LogP contribution >= 0.6 is 12.4 Å². The normalized spacial score (nSPS) is 17.0. The minimum Gasteiger partial charge on any atom is -0.444 e. The summed E-state index contributed by atoms with van der Waals surface area (Å²) in [7, 11) is 3.07. The maximum atomic E-state index is 12.0. The topological polar surface area (TPSA) is 88.2 Å². The van der Waals surface area contributed by atoms with E-state index in [0.717, 1.165) is 31.5 Å². The Balaban J connectivity index is 0.000000343. The molecule has 1 N–H and O–H groups in total. The van der Waals surface area contributed by atoms with Crippen LogP contribution in [-0.2, 0) is 14.4 Å². The largest absolute Gasteiger partial charge is 0.444 e. The lowest BCUT2D eigenvalue weighted by Gasteiger charge is -2.33. The number of rotatable bonds is 4. The number of likely N-dealkylation sites (tertiary alicyclic amines) is 1. The zero-order chi connectivity index (χ0) is 24.4. The maximum Gasteiger partial charge on any atom is 0.410 e. The van der Waals surface area contributed by atoms with Gasteiger partial charge < -0.3 is 15.0 Å². The predicted octanol–water partition coefficient (Wildman–Crippen LogP) is 3.94. The zero-order valence-electron chi connectivity index (χ0n) is 21.0. The van der Waals surface area contributed by atoms with Gasteiger partial charge in [-0.05, 0) is 59.5 Å². The van der Waals surface area contributed by atoms with Gasteiger partial charge in [0.1, 0.15) is 5.60 Å². The first-order valence-electron chi connectivity index (χ1n) is 11.7. The molecule has 192 valence electrons. The van der Waals surface area contributed by atoms with Crippen molar-refractivity contribution >= 4 is 30.2 Å². The molecule has 2 fully saturated rings. The number of ketones is 1. The van der Waals surface area contributed by atoms with Gasteiger partial charge in [0.15, 0.2) is 5.78 Å². The second-order valence-electron chi connectivity index (χ2n) is 9.51. The Morgan fingerprint density at radius 2 is 1.53 bits per heavy atom. The summed E-state index contributed by atoms with van der Waals surface area (Å²) in [4.78, 5) is 42.3. The quantitative estimate of drug-likeness (QED) is 0.500. The molecule has 2 aliphatic heterocycles. The Labute approximate surface area is 209 Å². The van der Waals surface area contributed by atoms with Gasteiger partial charge in [-0.15, -0.1) is 12.4 Å². The van der Waals surface area contributed by atoms with Crippen molar-refractivity contribution in [1.82, 2.24) is 15.3 Å². The van der Waals surface area contributed by atoms with E-state index in [2.05, 4.69) is 5.32 Å². The Morgan fingerprint density at radius 3 is 2.03 bits per heavy atom. The highest BCUT2D eigenvalue weighted by Crippen LogP contribution is 2.21. The lowest BCUT2D eigenvalue weighted by Crippen LogP contribution is -2.45. The van der Waals surface area contributed by atoms with E-state index in [-0.39, 0.29) is 36.2 Å². The van der Waals surface area contributed by atoms with Gasteiger partial charge in [0.2, 0.25) is 5.91 Å². The highest BCUT2D eigenvalue weighted by atomic mass is 35.5. The lowest BCUT2D eigenvalue weighted by atomic mass is 9.90. The van der Waals surface area contributed by atoms with Gasteiger partial charge in [-0.25, -0.2) is 9.86 Å². The van der Waals surface area contributed by atoms with Crippen LogP contribution in [0.1, 0.15) is 56.8 Å². The third kappa shape index (κ3) is 9.60.